The van der Waals surface area contributed by atoms with Gasteiger partial charge in [0.1, 0.15) is 0 Å². The third-order valence-corrected chi connectivity index (χ3v) is 1.02. The molecule has 2 heteroatoms. The minimum absolute atomic E-state index is 0. The van der Waals surface area contributed by atoms with E-state index in [1.807, 2.05) is 24.3 Å². The summed E-state index contributed by atoms with van der Waals surface area (Å²) in [6.07, 6.45) is 0. The molecule has 0 saturated carbocycles. The second-order valence-electron chi connectivity index (χ2n) is 1.61. The molecule has 0 aromatic heterocycles. The van der Waals surface area contributed by atoms with Gasteiger partial charge in [-0.15, -0.1) is 5.56 Å². The van der Waals surface area contributed by atoms with Crippen LogP contribution < -0.4 is 5.73 Å². The molecule has 0 unspecified atom stereocenters. The average Bonchev–Trinajstić information content (AvgIpc) is 1.90. The van der Waals surface area contributed by atoms with Crippen molar-refractivity contribution < 1.29 is 19.5 Å². The summed E-state index contributed by atoms with van der Waals surface area (Å²) in [5, 5.41) is 0. The Labute approximate surface area is 68.0 Å². The van der Waals surface area contributed by atoms with E-state index >= 15 is 0 Å². The van der Waals surface area contributed by atoms with Gasteiger partial charge in [-0.25, -0.2) is 0 Å². The zero-order valence-corrected chi connectivity index (χ0v) is 6.57. The van der Waals surface area contributed by atoms with Crippen LogP contribution in [0.15, 0.2) is 24.3 Å². The van der Waals surface area contributed by atoms with Crippen molar-refractivity contribution in [2.24, 2.45) is 5.73 Å². The fraction of sp³-hybridized carbons (Fsp3) is 0.143. The van der Waals surface area contributed by atoms with Gasteiger partial charge in [0.25, 0.3) is 0 Å². The molecule has 51 valence electrons. The molecule has 0 aliphatic heterocycles. The van der Waals surface area contributed by atoms with Crippen LogP contribution in [0.5, 0.6) is 0 Å². The first kappa shape index (κ1) is 8.80. The molecule has 0 fully saturated rings. The Kier molecular flexibility index (Phi) is 4.56. The molecule has 0 saturated heterocycles. The van der Waals surface area contributed by atoms with E-state index in [-0.39, 0.29) is 19.5 Å². The zero-order chi connectivity index (χ0) is 5.82. The van der Waals surface area contributed by atoms with E-state index in [4.69, 9.17) is 5.73 Å². The van der Waals surface area contributed by atoms with Crippen molar-refractivity contribution in [3.05, 3.63) is 35.9 Å². The summed E-state index contributed by atoms with van der Waals surface area (Å²) < 4.78 is 0. The normalized spacial score (nSPS) is 8.11. The largest absolute Gasteiger partial charge is 0.328 e. The van der Waals surface area contributed by atoms with Crippen LogP contribution in [-0.2, 0) is 26.0 Å². The van der Waals surface area contributed by atoms with E-state index in [0.717, 1.165) is 5.56 Å². The predicted octanol–water partition coefficient (Wildman–Crippen LogP) is 0.943. The van der Waals surface area contributed by atoms with Gasteiger partial charge in [-0.3, -0.25) is 0 Å². The van der Waals surface area contributed by atoms with Crippen molar-refractivity contribution in [2.45, 2.75) is 6.54 Å². The van der Waals surface area contributed by atoms with Gasteiger partial charge in [0.05, 0.1) is 0 Å². The van der Waals surface area contributed by atoms with Crippen molar-refractivity contribution in [3.63, 3.8) is 0 Å². The first-order valence-corrected chi connectivity index (χ1v) is 2.58. The van der Waals surface area contributed by atoms with Crippen molar-refractivity contribution in [2.75, 3.05) is 0 Å². The fourth-order valence-corrected chi connectivity index (χ4v) is 0.557. The number of rotatable bonds is 1. The van der Waals surface area contributed by atoms with Crippen LogP contribution in [-0.4, -0.2) is 0 Å². The SMILES string of the molecule is NCc1cc[c-]cc1.[Rh]. The Balaban J connectivity index is 0.000000640. The first-order valence-electron chi connectivity index (χ1n) is 2.58. The Morgan fingerprint density at radius 3 is 2.22 bits per heavy atom. The molecule has 0 atom stereocenters. The van der Waals surface area contributed by atoms with Crippen LogP contribution in [0, 0.1) is 6.07 Å². The van der Waals surface area contributed by atoms with Gasteiger partial charge >= 0.3 is 0 Å². The molecule has 1 rings (SSSR count). The third-order valence-electron chi connectivity index (χ3n) is 1.02. The maximum absolute atomic E-state index is 5.34. The molecule has 1 radical (unpaired) electrons. The average molecular weight is 209 g/mol. The molecule has 1 nitrogen and oxygen atoms in total. The van der Waals surface area contributed by atoms with Crippen LogP contribution in [0.4, 0.5) is 0 Å². The minimum atomic E-state index is 0. The zero-order valence-electron chi connectivity index (χ0n) is 4.93. The van der Waals surface area contributed by atoms with E-state index in [1.54, 1.807) is 0 Å². The first-order chi connectivity index (χ1) is 3.93. The molecule has 1 aromatic carbocycles. The number of hydrogen-bond donors (Lipinski definition) is 1. The minimum Gasteiger partial charge on any atom is -0.328 e. The van der Waals surface area contributed by atoms with E-state index in [9.17, 15) is 0 Å². The van der Waals surface area contributed by atoms with E-state index in [0.29, 0.717) is 6.54 Å². The predicted molar refractivity (Wildman–Crippen MR) is 33.2 cm³/mol. The van der Waals surface area contributed by atoms with Gasteiger partial charge in [0.2, 0.25) is 0 Å². The monoisotopic (exact) mass is 209 g/mol. The Hall–Kier alpha value is -0.197. The topological polar surface area (TPSA) is 26.0 Å². The van der Waals surface area contributed by atoms with Crippen molar-refractivity contribution in [3.8, 4) is 0 Å². The molecule has 0 amide bonds. The summed E-state index contributed by atoms with van der Waals surface area (Å²) in [7, 11) is 0. The maximum atomic E-state index is 5.34. The molecule has 0 aliphatic rings. The van der Waals surface area contributed by atoms with E-state index in [1.165, 1.54) is 0 Å². The van der Waals surface area contributed by atoms with Gasteiger partial charge in [-0.1, -0.05) is 0 Å². The summed E-state index contributed by atoms with van der Waals surface area (Å²) in [5.74, 6) is 0. The van der Waals surface area contributed by atoms with Gasteiger partial charge in [0, 0.05) is 19.5 Å². The Morgan fingerprint density at radius 2 is 1.89 bits per heavy atom. The molecule has 0 heterocycles. The molecule has 9 heavy (non-hydrogen) atoms. The second-order valence-corrected chi connectivity index (χ2v) is 1.61. The molecule has 0 spiro atoms. The summed E-state index contributed by atoms with van der Waals surface area (Å²) in [5.41, 5.74) is 6.49. The van der Waals surface area contributed by atoms with Crippen LogP contribution in [0.1, 0.15) is 5.56 Å². The van der Waals surface area contributed by atoms with Crippen LogP contribution in [0.3, 0.4) is 0 Å². The van der Waals surface area contributed by atoms with Crippen LogP contribution >= 0.6 is 0 Å². The molecule has 1 aromatic rings. The molecular weight excluding hydrogens is 201 g/mol. The van der Waals surface area contributed by atoms with Crippen molar-refractivity contribution >= 4 is 0 Å². The van der Waals surface area contributed by atoms with Crippen LogP contribution in [0.25, 0.3) is 0 Å². The molecule has 2 N–H and O–H groups in total. The summed E-state index contributed by atoms with van der Waals surface area (Å²) >= 11 is 0. The number of benzene rings is 1. The van der Waals surface area contributed by atoms with E-state index in [2.05, 4.69) is 6.07 Å². The quantitative estimate of drug-likeness (QED) is 0.540. The summed E-state index contributed by atoms with van der Waals surface area (Å²) in [4.78, 5) is 0. The van der Waals surface area contributed by atoms with E-state index < -0.39 is 0 Å². The summed E-state index contributed by atoms with van der Waals surface area (Å²) in [6, 6.07) is 10.6. The van der Waals surface area contributed by atoms with Crippen molar-refractivity contribution in [1.29, 1.82) is 0 Å². The number of nitrogens with two attached hydrogens (primary N) is 1. The van der Waals surface area contributed by atoms with Gasteiger partial charge in [-0.2, -0.15) is 30.3 Å². The van der Waals surface area contributed by atoms with Crippen molar-refractivity contribution in [1.82, 2.24) is 0 Å². The smallest absolute Gasteiger partial charge is 0 e. The molecule has 0 bridgehead atoms. The Bertz CT molecular complexity index is 150. The van der Waals surface area contributed by atoms with Gasteiger partial charge in [-0.05, 0) is 6.54 Å². The van der Waals surface area contributed by atoms with Gasteiger partial charge in [0.15, 0.2) is 0 Å². The van der Waals surface area contributed by atoms with Crippen LogP contribution in [0.2, 0.25) is 0 Å². The molecular formula is C7H8NRh-. The standard InChI is InChI=1S/C7H8N.Rh/c8-6-7-4-2-1-3-5-7;/h2-5H,6,8H2;/q-1;. The fourth-order valence-electron chi connectivity index (χ4n) is 0.557. The second kappa shape index (κ2) is 4.66. The summed E-state index contributed by atoms with van der Waals surface area (Å²) in [6.45, 7) is 0.620. The Morgan fingerprint density at radius 1 is 1.33 bits per heavy atom. The van der Waals surface area contributed by atoms with Gasteiger partial charge < -0.3 is 5.73 Å². The molecule has 0 aliphatic carbocycles. The third kappa shape index (κ3) is 2.73. The number of hydrogen-bond acceptors (Lipinski definition) is 1. The maximum Gasteiger partial charge on any atom is 0 e.